The molecule has 2 fully saturated rings. The highest BCUT2D eigenvalue weighted by molar-refractivity contribution is 7.92. The fourth-order valence-corrected chi connectivity index (χ4v) is 4.80. The summed E-state index contributed by atoms with van der Waals surface area (Å²) in [5.74, 6) is -2.14. The third-order valence-electron chi connectivity index (χ3n) is 5.24. The van der Waals surface area contributed by atoms with Crippen LogP contribution < -0.4 is 16.2 Å². The summed E-state index contributed by atoms with van der Waals surface area (Å²) in [6.45, 7) is 0. The van der Waals surface area contributed by atoms with E-state index in [1.165, 1.54) is 0 Å². The minimum absolute atomic E-state index is 0.157. The zero-order valence-electron chi connectivity index (χ0n) is 15.8. The van der Waals surface area contributed by atoms with Gasteiger partial charge in [-0.3, -0.25) is 25.2 Å². The molecule has 4 rings (SSSR count). The Balaban J connectivity index is 1.19. The maximum Gasteiger partial charge on any atom is 0.273 e. The average molecular weight is 432 g/mol. The Morgan fingerprint density at radius 2 is 1.60 bits per heavy atom. The third kappa shape index (κ3) is 4.35. The minimum atomic E-state index is -3.11. The van der Waals surface area contributed by atoms with Gasteiger partial charge >= 0.3 is 0 Å². The topological polar surface area (TPSA) is 147 Å². The Bertz CT molecular complexity index is 1060. The molecule has 3 N–H and O–H groups in total. The molecule has 2 aliphatic rings. The Kier molecular flexibility index (Phi) is 5.29. The minimum Gasteiger partial charge on any atom is -0.355 e. The first-order valence-electron chi connectivity index (χ1n) is 9.44. The second kappa shape index (κ2) is 7.90. The van der Waals surface area contributed by atoms with Crippen LogP contribution in [-0.4, -0.2) is 48.8 Å². The van der Waals surface area contributed by atoms with E-state index < -0.39 is 21.7 Å². The van der Waals surface area contributed by atoms with Crippen molar-refractivity contribution in [2.75, 3.05) is 11.5 Å². The van der Waals surface area contributed by atoms with Gasteiger partial charge in [0.1, 0.15) is 0 Å². The number of hydrazine groups is 1. The van der Waals surface area contributed by atoms with Crippen molar-refractivity contribution in [2.24, 2.45) is 11.8 Å². The maximum atomic E-state index is 12.3. The van der Waals surface area contributed by atoms with Crippen molar-refractivity contribution < 1.29 is 27.3 Å². The fraction of sp³-hybridized carbons (Fsp3) is 0.368. The van der Waals surface area contributed by atoms with Crippen molar-refractivity contribution in [2.45, 2.75) is 18.9 Å². The van der Waals surface area contributed by atoms with Crippen LogP contribution in [0, 0.1) is 11.8 Å². The molecule has 11 heteroatoms. The van der Waals surface area contributed by atoms with Crippen LogP contribution in [0.4, 0.5) is 0 Å². The van der Waals surface area contributed by atoms with Crippen molar-refractivity contribution in [1.82, 2.24) is 21.3 Å². The monoisotopic (exact) mass is 432 g/mol. The standard InChI is InChI=1S/C19H20N4O6S/c24-17(21-22-18(25)13-9-30(27,28)10-13)12-6-14(7-12)20-19(26)15-8-16(29-23-15)11-4-2-1-3-5-11/h1-5,8,12-14H,6-7,9-10H2,(H,20,26)(H,21,24)(H,22,25)/t12-,14-. The van der Waals surface area contributed by atoms with Gasteiger partial charge in [0.15, 0.2) is 21.3 Å². The lowest BCUT2D eigenvalue weighted by Crippen LogP contribution is -2.55. The number of nitrogens with one attached hydrogen (secondary N) is 3. The van der Waals surface area contributed by atoms with Gasteiger partial charge < -0.3 is 9.84 Å². The number of aromatic nitrogens is 1. The van der Waals surface area contributed by atoms with Crippen LogP contribution in [-0.2, 0) is 19.4 Å². The number of sulfone groups is 1. The molecule has 2 heterocycles. The highest BCUT2D eigenvalue weighted by Gasteiger charge is 2.40. The number of hydrogen-bond donors (Lipinski definition) is 3. The summed E-state index contributed by atoms with van der Waals surface area (Å²) in [7, 11) is -3.11. The van der Waals surface area contributed by atoms with E-state index in [1.807, 2.05) is 30.3 Å². The van der Waals surface area contributed by atoms with Crippen molar-refractivity contribution in [1.29, 1.82) is 0 Å². The van der Waals surface area contributed by atoms with Crippen LogP contribution in [0.2, 0.25) is 0 Å². The van der Waals surface area contributed by atoms with E-state index in [1.54, 1.807) is 6.07 Å². The zero-order chi connectivity index (χ0) is 21.3. The SMILES string of the molecule is O=C(N[C@H]1C[C@H](C(=O)NNC(=O)C2CS(=O)(=O)C2)C1)c1cc(-c2ccccc2)on1. The van der Waals surface area contributed by atoms with E-state index in [9.17, 15) is 22.8 Å². The summed E-state index contributed by atoms with van der Waals surface area (Å²) < 4.78 is 27.4. The molecule has 2 aromatic rings. The Labute approximate surface area is 172 Å². The molecule has 1 saturated heterocycles. The summed E-state index contributed by atoms with van der Waals surface area (Å²) in [6.07, 6.45) is 0.850. The number of nitrogens with zero attached hydrogens (tertiary/aromatic N) is 1. The van der Waals surface area contributed by atoms with Crippen molar-refractivity contribution in [3.63, 3.8) is 0 Å². The molecule has 0 atom stereocenters. The quantitative estimate of drug-likeness (QED) is 0.565. The van der Waals surface area contributed by atoms with Crippen molar-refractivity contribution in [3.8, 4) is 11.3 Å². The first-order valence-corrected chi connectivity index (χ1v) is 11.3. The van der Waals surface area contributed by atoms with Crippen molar-refractivity contribution >= 4 is 27.6 Å². The molecule has 0 spiro atoms. The van der Waals surface area contributed by atoms with E-state index in [4.69, 9.17) is 4.52 Å². The number of hydrogen-bond acceptors (Lipinski definition) is 7. The van der Waals surface area contributed by atoms with Crippen molar-refractivity contribution in [3.05, 3.63) is 42.1 Å². The maximum absolute atomic E-state index is 12.3. The lowest BCUT2D eigenvalue weighted by Gasteiger charge is -2.34. The van der Waals surface area contributed by atoms with Crippen LogP contribution in [0.3, 0.4) is 0 Å². The molecule has 1 aromatic carbocycles. The molecule has 0 unspecified atom stereocenters. The molecule has 10 nitrogen and oxygen atoms in total. The summed E-state index contributed by atoms with van der Waals surface area (Å²) in [5.41, 5.74) is 5.54. The van der Waals surface area contributed by atoms with Gasteiger partial charge in [-0.05, 0) is 12.8 Å². The molecule has 1 aliphatic carbocycles. The second-order valence-electron chi connectivity index (χ2n) is 7.53. The zero-order valence-corrected chi connectivity index (χ0v) is 16.6. The van der Waals surface area contributed by atoms with E-state index >= 15 is 0 Å². The number of benzene rings is 1. The lowest BCUT2D eigenvalue weighted by atomic mass is 9.79. The Morgan fingerprint density at radius 1 is 0.967 bits per heavy atom. The highest BCUT2D eigenvalue weighted by atomic mass is 32.2. The molecule has 158 valence electrons. The molecule has 1 aromatic heterocycles. The van der Waals surface area contributed by atoms with Gasteiger partial charge in [0, 0.05) is 23.6 Å². The van der Waals surface area contributed by atoms with E-state index in [2.05, 4.69) is 21.3 Å². The number of amides is 3. The molecule has 1 saturated carbocycles. The summed E-state index contributed by atoms with van der Waals surface area (Å²) >= 11 is 0. The molecular formula is C19H20N4O6S. The Morgan fingerprint density at radius 3 is 2.23 bits per heavy atom. The first-order chi connectivity index (χ1) is 14.3. The van der Waals surface area contributed by atoms with Gasteiger partial charge in [-0.2, -0.15) is 0 Å². The van der Waals surface area contributed by atoms with Crippen LogP contribution in [0.15, 0.2) is 40.9 Å². The summed E-state index contributed by atoms with van der Waals surface area (Å²) in [4.78, 5) is 36.1. The number of carbonyl (C=O) groups excluding carboxylic acids is 3. The van der Waals surface area contributed by atoms with Crippen LogP contribution >= 0.6 is 0 Å². The van der Waals surface area contributed by atoms with Crippen LogP contribution in [0.5, 0.6) is 0 Å². The van der Waals surface area contributed by atoms with E-state index in [-0.39, 0.29) is 41.0 Å². The number of rotatable bonds is 5. The summed E-state index contributed by atoms with van der Waals surface area (Å²) in [6, 6.07) is 10.7. The third-order valence-corrected chi connectivity index (χ3v) is 7.06. The molecule has 1 aliphatic heterocycles. The van der Waals surface area contributed by atoms with Gasteiger partial charge in [-0.1, -0.05) is 35.5 Å². The van der Waals surface area contributed by atoms with Gasteiger partial charge in [0.05, 0.1) is 17.4 Å². The molecule has 3 amide bonds. The first kappa shape index (κ1) is 20.1. The van der Waals surface area contributed by atoms with Gasteiger partial charge in [-0.15, -0.1) is 0 Å². The van der Waals surface area contributed by atoms with Gasteiger partial charge in [-0.25, -0.2) is 8.42 Å². The second-order valence-corrected chi connectivity index (χ2v) is 9.69. The predicted octanol–water partition coefficient (Wildman–Crippen LogP) is 0.0420. The van der Waals surface area contributed by atoms with Crippen LogP contribution in [0.25, 0.3) is 11.3 Å². The predicted molar refractivity (Wildman–Crippen MR) is 104 cm³/mol. The lowest BCUT2D eigenvalue weighted by molar-refractivity contribution is -0.134. The largest absolute Gasteiger partial charge is 0.355 e. The number of carbonyl (C=O) groups is 3. The van der Waals surface area contributed by atoms with Gasteiger partial charge in [0.25, 0.3) is 5.91 Å². The fourth-order valence-electron chi connectivity index (χ4n) is 3.37. The highest BCUT2D eigenvalue weighted by Crippen LogP contribution is 2.28. The molecular weight excluding hydrogens is 412 g/mol. The average Bonchev–Trinajstić information content (AvgIpc) is 3.17. The molecule has 30 heavy (non-hydrogen) atoms. The smallest absolute Gasteiger partial charge is 0.273 e. The Hall–Kier alpha value is -3.21. The molecule has 0 radical (unpaired) electrons. The molecule has 0 bridgehead atoms. The van der Waals surface area contributed by atoms with Gasteiger partial charge in [0.2, 0.25) is 11.8 Å². The van der Waals surface area contributed by atoms with Crippen LogP contribution in [0.1, 0.15) is 23.3 Å². The van der Waals surface area contributed by atoms with E-state index in [0.29, 0.717) is 18.6 Å². The normalized spacial score (nSPS) is 22.3. The summed E-state index contributed by atoms with van der Waals surface area (Å²) in [5, 5.41) is 6.59. The van der Waals surface area contributed by atoms with E-state index in [0.717, 1.165) is 5.56 Å².